The number of halogens is 1. The average molecular weight is 586 g/mol. The predicted octanol–water partition coefficient (Wildman–Crippen LogP) is 3.94. The Bertz CT molecular complexity index is 1470. The number of aryl methyl sites for hydroxylation is 1. The van der Waals surface area contributed by atoms with Gasteiger partial charge < -0.3 is 30.1 Å². The lowest BCUT2D eigenvalue weighted by molar-refractivity contribution is 0.0414. The zero-order valence-corrected chi connectivity index (χ0v) is 24.9. The number of carbonyl (C=O) groups is 2. The Labute approximate surface area is 252 Å². The van der Waals surface area contributed by atoms with Gasteiger partial charge in [-0.25, -0.2) is 4.39 Å². The first kappa shape index (κ1) is 29.1. The molecule has 0 saturated carbocycles. The lowest BCUT2D eigenvalue weighted by atomic mass is 10.00. The zero-order valence-electron chi connectivity index (χ0n) is 24.9. The number of nitrogens with zero attached hydrogens (tertiary/aromatic N) is 3. The quantitative estimate of drug-likeness (QED) is 0.457. The summed E-state index contributed by atoms with van der Waals surface area (Å²) in [6.07, 6.45) is 0.955. The van der Waals surface area contributed by atoms with Crippen LogP contribution in [-0.4, -0.2) is 92.7 Å². The first-order valence-corrected chi connectivity index (χ1v) is 15.3. The number of carbonyl (C=O) groups excluding carboxylic acids is 2. The normalized spacial score (nSPS) is 20.8. The predicted molar refractivity (Wildman–Crippen MR) is 166 cm³/mol. The Morgan fingerprint density at radius 1 is 0.860 bits per heavy atom. The molecule has 0 aliphatic carbocycles. The monoisotopic (exact) mass is 585 g/mol. The molecule has 43 heavy (non-hydrogen) atoms. The van der Waals surface area contributed by atoms with Crippen LogP contribution in [0.4, 0.5) is 10.1 Å². The molecule has 0 spiro atoms. The molecular formula is C34H40FN5O3. The molecule has 2 N–H and O–H groups in total. The van der Waals surface area contributed by atoms with Crippen molar-refractivity contribution >= 4 is 17.5 Å². The molecule has 3 aliphatic heterocycles. The Hall–Kier alpha value is -3.95. The van der Waals surface area contributed by atoms with E-state index in [0.29, 0.717) is 36.5 Å². The summed E-state index contributed by atoms with van der Waals surface area (Å²) in [6.45, 7) is 10.8. The fraction of sp³-hybridized carbons (Fsp3) is 0.412. The van der Waals surface area contributed by atoms with Gasteiger partial charge in [-0.05, 0) is 86.5 Å². The van der Waals surface area contributed by atoms with Crippen molar-refractivity contribution in [1.29, 1.82) is 0 Å². The van der Waals surface area contributed by atoms with E-state index in [1.807, 2.05) is 54.0 Å². The highest BCUT2D eigenvalue weighted by Crippen LogP contribution is 2.33. The molecule has 0 unspecified atom stereocenters. The van der Waals surface area contributed by atoms with Gasteiger partial charge in [0, 0.05) is 80.8 Å². The summed E-state index contributed by atoms with van der Waals surface area (Å²) in [5.74, 6) is 0.276. The van der Waals surface area contributed by atoms with E-state index in [1.54, 1.807) is 12.1 Å². The molecule has 3 heterocycles. The number of hydrogen-bond donors (Lipinski definition) is 2. The third kappa shape index (κ3) is 6.53. The minimum absolute atomic E-state index is 0.000494. The Morgan fingerprint density at radius 2 is 1.65 bits per heavy atom. The number of rotatable bonds is 6. The van der Waals surface area contributed by atoms with E-state index in [1.165, 1.54) is 12.1 Å². The summed E-state index contributed by atoms with van der Waals surface area (Å²) in [4.78, 5) is 33.5. The summed E-state index contributed by atoms with van der Waals surface area (Å²) in [7, 11) is 0. The van der Waals surface area contributed by atoms with Gasteiger partial charge in [0.05, 0.1) is 0 Å². The maximum atomic E-state index is 13.8. The van der Waals surface area contributed by atoms with Gasteiger partial charge in [-0.1, -0.05) is 12.1 Å². The minimum Gasteiger partial charge on any atom is -0.488 e. The van der Waals surface area contributed by atoms with E-state index in [2.05, 4.69) is 21.6 Å². The van der Waals surface area contributed by atoms with Gasteiger partial charge >= 0.3 is 0 Å². The highest BCUT2D eigenvalue weighted by Gasteiger charge is 2.32. The van der Waals surface area contributed by atoms with Crippen molar-refractivity contribution in [2.24, 2.45) is 0 Å². The van der Waals surface area contributed by atoms with Crippen LogP contribution in [0.5, 0.6) is 5.75 Å². The van der Waals surface area contributed by atoms with E-state index in [0.717, 1.165) is 68.1 Å². The summed E-state index contributed by atoms with van der Waals surface area (Å²) in [5.41, 5.74) is 4.94. The third-order valence-corrected chi connectivity index (χ3v) is 8.66. The highest BCUT2D eigenvalue weighted by molar-refractivity contribution is 5.98. The van der Waals surface area contributed by atoms with Crippen LogP contribution in [0.2, 0.25) is 0 Å². The number of piperazine rings is 2. The standard InChI is InChI=1S/C34H40FN5O3/c1-23-17-27(19-29(18-23)38-13-11-36-12-14-38)33(41)39-15-16-40(24(2)22-39)34(42)26-5-8-32(43-30-9-10-37-21-30)31(20-26)25-3-6-28(35)7-4-25/h3-8,17-20,24,30,36-37H,9-16,21-22H2,1-2H3/t24-,30-/m0/s1. The van der Waals surface area contributed by atoms with Crippen LogP contribution in [0.15, 0.2) is 60.7 Å². The Morgan fingerprint density at radius 3 is 2.37 bits per heavy atom. The van der Waals surface area contributed by atoms with Crippen LogP contribution in [0.1, 0.15) is 39.6 Å². The number of anilines is 1. The fourth-order valence-corrected chi connectivity index (χ4v) is 6.31. The van der Waals surface area contributed by atoms with Crippen LogP contribution in [-0.2, 0) is 0 Å². The molecular weight excluding hydrogens is 545 g/mol. The Kier molecular flexibility index (Phi) is 8.63. The van der Waals surface area contributed by atoms with Crippen LogP contribution >= 0.6 is 0 Å². The molecule has 3 aromatic carbocycles. The summed E-state index contributed by atoms with van der Waals surface area (Å²) >= 11 is 0. The first-order valence-electron chi connectivity index (χ1n) is 15.3. The van der Waals surface area contributed by atoms with Crippen LogP contribution in [0.25, 0.3) is 11.1 Å². The molecule has 0 aromatic heterocycles. The summed E-state index contributed by atoms with van der Waals surface area (Å²) in [6, 6.07) is 17.7. The van der Waals surface area contributed by atoms with Gasteiger partial charge in [0.2, 0.25) is 0 Å². The van der Waals surface area contributed by atoms with E-state index in [9.17, 15) is 14.0 Å². The molecule has 2 amide bonds. The molecule has 2 atom stereocenters. The number of hydrogen-bond acceptors (Lipinski definition) is 6. The van der Waals surface area contributed by atoms with Crippen LogP contribution in [0, 0.1) is 12.7 Å². The van der Waals surface area contributed by atoms with Gasteiger partial charge in [-0.15, -0.1) is 0 Å². The molecule has 3 fully saturated rings. The van der Waals surface area contributed by atoms with Crippen molar-refractivity contribution < 1.29 is 18.7 Å². The number of nitrogens with one attached hydrogen (secondary N) is 2. The van der Waals surface area contributed by atoms with Crippen LogP contribution in [0.3, 0.4) is 0 Å². The average Bonchev–Trinajstić information content (AvgIpc) is 3.54. The van der Waals surface area contributed by atoms with Crippen molar-refractivity contribution in [3.05, 3.63) is 83.2 Å². The van der Waals surface area contributed by atoms with E-state index in [-0.39, 0.29) is 29.8 Å². The molecule has 3 saturated heterocycles. The van der Waals surface area contributed by atoms with E-state index < -0.39 is 0 Å². The Balaban J connectivity index is 1.18. The number of benzene rings is 3. The largest absolute Gasteiger partial charge is 0.488 e. The lowest BCUT2D eigenvalue weighted by Gasteiger charge is -2.40. The fourth-order valence-electron chi connectivity index (χ4n) is 6.31. The second-order valence-electron chi connectivity index (χ2n) is 11.8. The van der Waals surface area contributed by atoms with Crippen molar-refractivity contribution in [3.63, 3.8) is 0 Å². The number of amides is 2. The SMILES string of the molecule is Cc1cc(C(=O)N2CCN(C(=O)c3ccc(O[C@H]4CCNC4)c(-c4ccc(F)cc4)c3)[C@@H](C)C2)cc(N2CCNCC2)c1. The van der Waals surface area contributed by atoms with Gasteiger partial charge in [-0.3, -0.25) is 9.59 Å². The van der Waals surface area contributed by atoms with Crippen LogP contribution < -0.4 is 20.3 Å². The maximum absolute atomic E-state index is 13.8. The van der Waals surface area contributed by atoms with E-state index in [4.69, 9.17) is 4.74 Å². The van der Waals surface area contributed by atoms with Crippen molar-refractivity contribution in [2.45, 2.75) is 32.4 Å². The second-order valence-corrected chi connectivity index (χ2v) is 11.8. The molecule has 3 aliphatic rings. The van der Waals surface area contributed by atoms with Crippen molar-refractivity contribution in [2.75, 3.05) is 63.8 Å². The molecule has 8 nitrogen and oxygen atoms in total. The topological polar surface area (TPSA) is 77.2 Å². The number of ether oxygens (including phenoxy) is 1. The van der Waals surface area contributed by atoms with Crippen molar-refractivity contribution in [1.82, 2.24) is 20.4 Å². The van der Waals surface area contributed by atoms with Gasteiger partial charge in [0.15, 0.2) is 0 Å². The van der Waals surface area contributed by atoms with Crippen molar-refractivity contribution in [3.8, 4) is 16.9 Å². The minimum atomic E-state index is -0.314. The van der Waals surface area contributed by atoms with E-state index >= 15 is 0 Å². The molecule has 9 heteroatoms. The second kappa shape index (κ2) is 12.7. The van der Waals surface area contributed by atoms with Gasteiger partial charge in [-0.2, -0.15) is 0 Å². The summed E-state index contributed by atoms with van der Waals surface area (Å²) < 4.78 is 20.0. The summed E-state index contributed by atoms with van der Waals surface area (Å²) in [5, 5.41) is 6.69. The smallest absolute Gasteiger partial charge is 0.254 e. The lowest BCUT2D eigenvalue weighted by Crippen LogP contribution is -2.55. The first-order chi connectivity index (χ1) is 20.9. The molecule has 226 valence electrons. The van der Waals surface area contributed by atoms with Gasteiger partial charge in [0.25, 0.3) is 11.8 Å². The molecule has 6 rings (SSSR count). The third-order valence-electron chi connectivity index (χ3n) is 8.66. The maximum Gasteiger partial charge on any atom is 0.254 e. The molecule has 0 bridgehead atoms. The molecule has 0 radical (unpaired) electrons. The molecule has 3 aromatic rings. The highest BCUT2D eigenvalue weighted by atomic mass is 19.1. The zero-order chi connectivity index (χ0) is 29.9. The van der Waals surface area contributed by atoms with Gasteiger partial charge in [0.1, 0.15) is 17.7 Å².